The van der Waals surface area contributed by atoms with Crippen molar-refractivity contribution in [3.63, 3.8) is 0 Å². The number of hydrogen-bond acceptors (Lipinski definition) is 4. The van der Waals surface area contributed by atoms with Gasteiger partial charge in [-0.15, -0.1) is 6.42 Å². The minimum absolute atomic E-state index is 0.0239. The molecule has 6 nitrogen and oxygen atoms in total. The van der Waals surface area contributed by atoms with Crippen LogP contribution >= 0.6 is 0 Å². The van der Waals surface area contributed by atoms with Crippen LogP contribution < -0.4 is 4.72 Å². The van der Waals surface area contributed by atoms with Crippen LogP contribution in [-0.2, 0) is 10.0 Å². The van der Waals surface area contributed by atoms with Crippen molar-refractivity contribution in [1.82, 2.24) is 4.72 Å². The maximum absolute atomic E-state index is 12.8. The first-order valence-electron chi connectivity index (χ1n) is 8.08. The van der Waals surface area contributed by atoms with Crippen LogP contribution in [-0.4, -0.2) is 19.5 Å². The highest BCUT2D eigenvalue weighted by molar-refractivity contribution is 7.89. The lowest BCUT2D eigenvalue weighted by Gasteiger charge is -2.15. The zero-order valence-electron chi connectivity index (χ0n) is 14.7. The van der Waals surface area contributed by atoms with Crippen molar-refractivity contribution < 1.29 is 22.7 Å². The lowest BCUT2D eigenvalue weighted by molar-refractivity contribution is 0.0664. The molecular formula is C20H17NO5S. The topological polar surface area (TPSA) is 96.6 Å². The van der Waals surface area contributed by atoms with E-state index in [4.69, 9.17) is 15.9 Å². The van der Waals surface area contributed by atoms with E-state index in [1.807, 2.05) is 0 Å². The summed E-state index contributed by atoms with van der Waals surface area (Å²) < 4.78 is 33.4. The van der Waals surface area contributed by atoms with E-state index in [-0.39, 0.29) is 10.7 Å². The second-order valence-electron chi connectivity index (χ2n) is 6.13. The van der Waals surface area contributed by atoms with Crippen molar-refractivity contribution in [2.75, 3.05) is 0 Å². The summed E-state index contributed by atoms with van der Waals surface area (Å²) in [6.45, 7) is 3.30. The number of rotatable bonds is 5. The van der Waals surface area contributed by atoms with E-state index >= 15 is 0 Å². The predicted octanol–water partition coefficient (Wildman–Crippen LogP) is 3.46. The number of benzene rings is 2. The lowest BCUT2D eigenvalue weighted by atomic mass is 10.1. The van der Waals surface area contributed by atoms with Crippen molar-refractivity contribution in [3.8, 4) is 12.3 Å². The molecular weight excluding hydrogens is 366 g/mol. The van der Waals surface area contributed by atoms with Crippen molar-refractivity contribution >= 4 is 27.0 Å². The van der Waals surface area contributed by atoms with Crippen molar-refractivity contribution in [3.05, 3.63) is 64.9 Å². The number of carboxylic acid groups (broad SMARTS) is 1. The minimum Gasteiger partial charge on any atom is -0.475 e. The van der Waals surface area contributed by atoms with E-state index in [2.05, 4.69) is 10.6 Å². The standard InChI is InChI=1S/C20H17NO5S/c1-4-14-6-5-7-15(10-14)13(3)21-27(24,25)16-8-9-18-17(11-16)12(2)19(26-18)20(22)23/h1,5-11,13,21H,2-3H3,(H,22,23). The fourth-order valence-electron chi connectivity index (χ4n) is 2.84. The Morgan fingerprint density at radius 3 is 2.67 bits per heavy atom. The summed E-state index contributed by atoms with van der Waals surface area (Å²) in [5.41, 5.74) is 2.10. The van der Waals surface area contributed by atoms with E-state index in [1.54, 1.807) is 38.1 Å². The molecule has 0 aliphatic carbocycles. The summed E-state index contributed by atoms with van der Waals surface area (Å²) in [5, 5.41) is 9.59. The number of aromatic carboxylic acids is 1. The molecule has 0 aliphatic heterocycles. The van der Waals surface area contributed by atoms with Crippen LogP contribution in [0.25, 0.3) is 11.0 Å². The maximum atomic E-state index is 12.8. The number of fused-ring (bicyclic) bond motifs is 1. The summed E-state index contributed by atoms with van der Waals surface area (Å²) in [5.74, 6) is 1.12. The Balaban J connectivity index is 1.95. The Morgan fingerprint density at radius 2 is 2.00 bits per heavy atom. The van der Waals surface area contributed by atoms with E-state index in [0.717, 1.165) is 5.56 Å². The van der Waals surface area contributed by atoms with Crippen LogP contribution in [0.4, 0.5) is 0 Å². The van der Waals surface area contributed by atoms with Crippen molar-refractivity contribution in [1.29, 1.82) is 0 Å². The second kappa shape index (κ2) is 6.91. The first kappa shape index (κ1) is 18.7. The normalized spacial score (nSPS) is 12.6. The monoisotopic (exact) mass is 383 g/mol. The molecule has 0 fully saturated rings. The zero-order valence-corrected chi connectivity index (χ0v) is 15.5. The number of sulfonamides is 1. The van der Waals surface area contributed by atoms with E-state index in [0.29, 0.717) is 22.1 Å². The van der Waals surface area contributed by atoms with Crippen LogP contribution in [0.3, 0.4) is 0 Å². The minimum atomic E-state index is -3.84. The van der Waals surface area contributed by atoms with Crippen LogP contribution in [0.1, 0.15) is 40.2 Å². The lowest BCUT2D eigenvalue weighted by Crippen LogP contribution is -2.26. The van der Waals surface area contributed by atoms with Gasteiger partial charge in [-0.3, -0.25) is 0 Å². The summed E-state index contributed by atoms with van der Waals surface area (Å²) in [6.07, 6.45) is 5.39. The van der Waals surface area contributed by atoms with Gasteiger partial charge in [0, 0.05) is 22.6 Å². The van der Waals surface area contributed by atoms with Crippen LogP contribution in [0, 0.1) is 19.3 Å². The third-order valence-electron chi connectivity index (χ3n) is 4.30. The van der Waals surface area contributed by atoms with Gasteiger partial charge in [-0.1, -0.05) is 18.1 Å². The van der Waals surface area contributed by atoms with Gasteiger partial charge in [-0.2, -0.15) is 0 Å². The number of furan rings is 1. The van der Waals surface area contributed by atoms with Gasteiger partial charge in [0.05, 0.1) is 4.90 Å². The third-order valence-corrected chi connectivity index (χ3v) is 5.84. The quantitative estimate of drug-likeness (QED) is 0.658. The van der Waals surface area contributed by atoms with Crippen molar-refractivity contribution in [2.24, 2.45) is 0 Å². The molecule has 7 heteroatoms. The van der Waals surface area contributed by atoms with Gasteiger partial charge in [0.1, 0.15) is 5.58 Å². The second-order valence-corrected chi connectivity index (χ2v) is 7.85. The number of hydrogen-bond donors (Lipinski definition) is 2. The van der Waals surface area contributed by atoms with E-state index in [9.17, 15) is 13.2 Å². The molecule has 138 valence electrons. The van der Waals surface area contributed by atoms with E-state index in [1.165, 1.54) is 18.2 Å². The van der Waals surface area contributed by atoms with Gasteiger partial charge in [-0.05, 0) is 49.7 Å². The molecule has 0 amide bonds. The molecule has 0 saturated carbocycles. The van der Waals surface area contributed by atoms with Crippen LogP contribution in [0.15, 0.2) is 51.8 Å². The molecule has 1 heterocycles. The predicted molar refractivity (Wildman–Crippen MR) is 101 cm³/mol. The highest BCUT2D eigenvalue weighted by atomic mass is 32.2. The van der Waals surface area contributed by atoms with Gasteiger partial charge in [-0.25, -0.2) is 17.9 Å². The van der Waals surface area contributed by atoms with E-state index < -0.39 is 22.0 Å². The average molecular weight is 383 g/mol. The van der Waals surface area contributed by atoms with Gasteiger partial charge >= 0.3 is 5.97 Å². The Labute approximate surface area is 156 Å². The van der Waals surface area contributed by atoms with Gasteiger partial charge in [0.25, 0.3) is 0 Å². The molecule has 3 aromatic rings. The molecule has 1 aromatic heterocycles. The highest BCUT2D eigenvalue weighted by Crippen LogP contribution is 2.28. The molecule has 1 unspecified atom stereocenters. The van der Waals surface area contributed by atoms with Crippen LogP contribution in [0.5, 0.6) is 0 Å². The maximum Gasteiger partial charge on any atom is 0.372 e. The molecule has 2 aromatic carbocycles. The largest absolute Gasteiger partial charge is 0.475 e. The molecule has 3 rings (SSSR count). The Bertz CT molecular complexity index is 1180. The Morgan fingerprint density at radius 1 is 1.26 bits per heavy atom. The molecule has 27 heavy (non-hydrogen) atoms. The average Bonchev–Trinajstić information content (AvgIpc) is 2.98. The number of nitrogens with one attached hydrogen (secondary N) is 1. The molecule has 0 bridgehead atoms. The Hall–Kier alpha value is -3.08. The molecule has 1 atom stereocenters. The molecule has 2 N–H and O–H groups in total. The summed E-state index contributed by atoms with van der Waals surface area (Å²) in [6, 6.07) is 10.8. The first-order chi connectivity index (χ1) is 12.7. The highest BCUT2D eigenvalue weighted by Gasteiger charge is 2.22. The fraction of sp³-hybridized carbons (Fsp3) is 0.150. The Kier molecular flexibility index (Phi) is 4.79. The SMILES string of the molecule is C#Cc1cccc(C(C)NS(=O)(=O)c2ccc3oc(C(=O)O)c(C)c3c2)c1. The number of carboxylic acids is 1. The number of carbonyl (C=O) groups is 1. The molecule has 0 radical (unpaired) electrons. The van der Waals surface area contributed by atoms with Crippen molar-refractivity contribution in [2.45, 2.75) is 24.8 Å². The first-order valence-corrected chi connectivity index (χ1v) is 9.56. The number of aryl methyl sites for hydroxylation is 1. The summed E-state index contributed by atoms with van der Waals surface area (Å²) in [4.78, 5) is 11.2. The van der Waals surface area contributed by atoms with Gasteiger partial charge in [0.2, 0.25) is 15.8 Å². The molecule has 0 aliphatic rings. The number of terminal acetylenes is 1. The van der Waals surface area contributed by atoms with Crippen LogP contribution in [0.2, 0.25) is 0 Å². The smallest absolute Gasteiger partial charge is 0.372 e. The van der Waals surface area contributed by atoms with Gasteiger partial charge in [0.15, 0.2) is 0 Å². The summed E-state index contributed by atoms with van der Waals surface area (Å²) >= 11 is 0. The molecule has 0 spiro atoms. The molecule has 0 saturated heterocycles. The fourth-order valence-corrected chi connectivity index (χ4v) is 4.10. The van der Waals surface area contributed by atoms with Gasteiger partial charge < -0.3 is 9.52 Å². The zero-order chi connectivity index (χ0) is 19.8. The third kappa shape index (κ3) is 3.58. The summed E-state index contributed by atoms with van der Waals surface area (Å²) in [7, 11) is -3.84.